The maximum atomic E-state index is 12.3. The molecule has 94 valence electrons. The summed E-state index contributed by atoms with van der Waals surface area (Å²) < 4.78 is 1.67. The normalized spacial score (nSPS) is 10.7. The van der Waals surface area contributed by atoms with E-state index in [2.05, 4.69) is 31.9 Å². The predicted octanol–water partition coefficient (Wildman–Crippen LogP) is 3.05. The van der Waals surface area contributed by atoms with E-state index in [1.165, 1.54) is 0 Å². The van der Waals surface area contributed by atoms with Gasteiger partial charge in [0.05, 0.1) is 12.2 Å². The molecule has 0 saturated heterocycles. The SMILES string of the molecule is CC(C)N(CCO)C(=O)c1ccc(Br)cc1Br. The molecule has 0 radical (unpaired) electrons. The van der Waals surface area contributed by atoms with Crippen LogP contribution in [0.4, 0.5) is 0 Å². The summed E-state index contributed by atoms with van der Waals surface area (Å²) in [6.07, 6.45) is 0. The number of carbonyl (C=O) groups is 1. The third kappa shape index (κ3) is 3.79. The fourth-order valence-corrected chi connectivity index (χ4v) is 2.74. The molecule has 1 N–H and O–H groups in total. The van der Waals surface area contributed by atoms with Gasteiger partial charge in [-0.15, -0.1) is 0 Å². The van der Waals surface area contributed by atoms with Gasteiger partial charge in [-0.3, -0.25) is 4.79 Å². The first kappa shape index (κ1) is 14.7. The number of hydrogen-bond donors (Lipinski definition) is 1. The fraction of sp³-hybridized carbons (Fsp3) is 0.417. The van der Waals surface area contributed by atoms with Gasteiger partial charge in [-0.2, -0.15) is 0 Å². The molecule has 1 rings (SSSR count). The highest BCUT2D eigenvalue weighted by atomic mass is 79.9. The summed E-state index contributed by atoms with van der Waals surface area (Å²) in [6.45, 7) is 4.18. The van der Waals surface area contributed by atoms with E-state index in [9.17, 15) is 4.79 Å². The predicted molar refractivity (Wildman–Crippen MR) is 75.1 cm³/mol. The summed E-state index contributed by atoms with van der Waals surface area (Å²) in [6, 6.07) is 5.49. The van der Waals surface area contributed by atoms with Crippen LogP contribution >= 0.6 is 31.9 Å². The van der Waals surface area contributed by atoms with Gasteiger partial charge in [0.1, 0.15) is 0 Å². The van der Waals surface area contributed by atoms with E-state index in [1.807, 2.05) is 26.0 Å². The van der Waals surface area contributed by atoms with Crippen molar-refractivity contribution < 1.29 is 9.90 Å². The Labute approximate surface area is 118 Å². The summed E-state index contributed by atoms with van der Waals surface area (Å²) >= 11 is 6.72. The van der Waals surface area contributed by atoms with Crippen LogP contribution in [-0.4, -0.2) is 35.1 Å². The Morgan fingerprint density at radius 1 is 1.41 bits per heavy atom. The van der Waals surface area contributed by atoms with Crippen LogP contribution in [0.3, 0.4) is 0 Å². The zero-order valence-electron chi connectivity index (χ0n) is 9.78. The second-order valence-electron chi connectivity index (χ2n) is 3.94. The van der Waals surface area contributed by atoms with Gasteiger partial charge in [0.2, 0.25) is 0 Å². The van der Waals surface area contributed by atoms with Crippen molar-refractivity contribution in [3.8, 4) is 0 Å². The lowest BCUT2D eigenvalue weighted by Gasteiger charge is -2.26. The Bertz CT molecular complexity index is 407. The standard InChI is InChI=1S/C12H15Br2NO2/c1-8(2)15(5-6-16)12(17)10-4-3-9(13)7-11(10)14/h3-4,7-8,16H,5-6H2,1-2H3. The highest BCUT2D eigenvalue weighted by Gasteiger charge is 2.20. The van der Waals surface area contributed by atoms with E-state index < -0.39 is 0 Å². The van der Waals surface area contributed by atoms with Gasteiger partial charge < -0.3 is 10.0 Å². The molecule has 0 heterocycles. The lowest BCUT2D eigenvalue weighted by atomic mass is 10.1. The van der Waals surface area contributed by atoms with Crippen molar-refractivity contribution in [2.75, 3.05) is 13.2 Å². The van der Waals surface area contributed by atoms with E-state index in [0.717, 1.165) is 8.95 Å². The second-order valence-corrected chi connectivity index (χ2v) is 5.71. The lowest BCUT2D eigenvalue weighted by Crippen LogP contribution is -2.39. The molecule has 0 aliphatic rings. The van der Waals surface area contributed by atoms with Crippen LogP contribution in [0.15, 0.2) is 27.1 Å². The summed E-state index contributed by atoms with van der Waals surface area (Å²) in [7, 11) is 0. The van der Waals surface area contributed by atoms with E-state index >= 15 is 0 Å². The number of hydrogen-bond acceptors (Lipinski definition) is 2. The quantitative estimate of drug-likeness (QED) is 0.891. The maximum absolute atomic E-state index is 12.3. The Morgan fingerprint density at radius 2 is 2.06 bits per heavy atom. The zero-order valence-corrected chi connectivity index (χ0v) is 13.0. The van der Waals surface area contributed by atoms with Crippen molar-refractivity contribution in [1.82, 2.24) is 4.90 Å². The van der Waals surface area contributed by atoms with Gasteiger partial charge >= 0.3 is 0 Å². The number of benzene rings is 1. The Morgan fingerprint density at radius 3 is 2.53 bits per heavy atom. The molecule has 0 aromatic heterocycles. The summed E-state index contributed by atoms with van der Waals surface area (Å²) in [5.41, 5.74) is 0.607. The molecular weight excluding hydrogens is 350 g/mol. The van der Waals surface area contributed by atoms with E-state index in [4.69, 9.17) is 5.11 Å². The van der Waals surface area contributed by atoms with Crippen molar-refractivity contribution >= 4 is 37.8 Å². The molecule has 17 heavy (non-hydrogen) atoms. The van der Waals surface area contributed by atoms with E-state index in [-0.39, 0.29) is 18.6 Å². The van der Waals surface area contributed by atoms with Gasteiger partial charge in [0.15, 0.2) is 0 Å². The highest BCUT2D eigenvalue weighted by Crippen LogP contribution is 2.23. The van der Waals surface area contributed by atoms with Crippen LogP contribution in [0, 0.1) is 0 Å². The molecule has 5 heteroatoms. The van der Waals surface area contributed by atoms with Gasteiger partial charge in [-0.05, 0) is 48.0 Å². The minimum Gasteiger partial charge on any atom is -0.395 e. The third-order valence-electron chi connectivity index (χ3n) is 2.39. The highest BCUT2D eigenvalue weighted by molar-refractivity contribution is 9.11. The number of nitrogens with zero attached hydrogens (tertiary/aromatic N) is 1. The first-order valence-corrected chi connectivity index (χ1v) is 6.93. The number of halogens is 2. The van der Waals surface area contributed by atoms with Crippen molar-refractivity contribution in [2.45, 2.75) is 19.9 Å². The Kier molecular flexibility index (Phi) is 5.62. The average molecular weight is 365 g/mol. The monoisotopic (exact) mass is 363 g/mol. The van der Waals surface area contributed by atoms with Gasteiger partial charge in [0.25, 0.3) is 5.91 Å². The number of carbonyl (C=O) groups excluding carboxylic acids is 1. The fourth-order valence-electron chi connectivity index (χ4n) is 1.52. The first-order valence-electron chi connectivity index (χ1n) is 5.34. The van der Waals surface area contributed by atoms with Crippen LogP contribution in [0.25, 0.3) is 0 Å². The molecule has 0 atom stereocenters. The Hall–Kier alpha value is -0.390. The number of rotatable bonds is 4. The lowest BCUT2D eigenvalue weighted by molar-refractivity contribution is 0.0664. The average Bonchev–Trinajstić information content (AvgIpc) is 2.24. The van der Waals surface area contributed by atoms with Crippen molar-refractivity contribution in [2.24, 2.45) is 0 Å². The summed E-state index contributed by atoms with van der Waals surface area (Å²) in [5, 5.41) is 8.98. The maximum Gasteiger partial charge on any atom is 0.255 e. The van der Waals surface area contributed by atoms with Crippen LogP contribution in [0.1, 0.15) is 24.2 Å². The zero-order chi connectivity index (χ0) is 13.0. The van der Waals surface area contributed by atoms with Crippen LogP contribution in [0.5, 0.6) is 0 Å². The minimum absolute atomic E-state index is 0.0297. The van der Waals surface area contributed by atoms with Gasteiger partial charge in [-0.1, -0.05) is 15.9 Å². The molecular formula is C12H15Br2NO2. The van der Waals surface area contributed by atoms with Crippen LogP contribution in [0.2, 0.25) is 0 Å². The van der Waals surface area contributed by atoms with Crippen molar-refractivity contribution in [3.63, 3.8) is 0 Å². The molecule has 1 aromatic carbocycles. The first-order chi connectivity index (χ1) is 7.97. The van der Waals surface area contributed by atoms with Crippen molar-refractivity contribution in [1.29, 1.82) is 0 Å². The second kappa shape index (κ2) is 6.52. The molecule has 0 unspecified atom stereocenters. The van der Waals surface area contributed by atoms with Crippen LogP contribution < -0.4 is 0 Å². The van der Waals surface area contributed by atoms with E-state index in [0.29, 0.717) is 12.1 Å². The molecule has 0 fully saturated rings. The Balaban J connectivity index is 3.01. The minimum atomic E-state index is -0.0755. The summed E-state index contributed by atoms with van der Waals surface area (Å²) in [5.74, 6) is -0.0755. The van der Waals surface area contributed by atoms with Gasteiger partial charge in [-0.25, -0.2) is 0 Å². The molecule has 0 saturated carbocycles. The largest absolute Gasteiger partial charge is 0.395 e. The molecule has 1 amide bonds. The van der Waals surface area contributed by atoms with Gasteiger partial charge in [0, 0.05) is 21.5 Å². The number of aliphatic hydroxyl groups excluding tert-OH is 1. The molecule has 0 bridgehead atoms. The molecule has 0 aliphatic heterocycles. The van der Waals surface area contributed by atoms with E-state index in [1.54, 1.807) is 11.0 Å². The molecule has 0 aliphatic carbocycles. The molecule has 3 nitrogen and oxygen atoms in total. The topological polar surface area (TPSA) is 40.5 Å². The van der Waals surface area contributed by atoms with Crippen LogP contribution in [-0.2, 0) is 0 Å². The molecule has 0 spiro atoms. The third-order valence-corrected chi connectivity index (χ3v) is 3.54. The smallest absolute Gasteiger partial charge is 0.255 e. The number of aliphatic hydroxyl groups is 1. The summed E-state index contributed by atoms with van der Waals surface area (Å²) in [4.78, 5) is 13.9. The van der Waals surface area contributed by atoms with Crippen molar-refractivity contribution in [3.05, 3.63) is 32.7 Å². The number of amides is 1. The molecule has 1 aromatic rings.